The molecule has 0 radical (unpaired) electrons. The number of aryl methyl sites for hydroxylation is 1. The molecule has 0 bridgehead atoms. The first-order valence-corrected chi connectivity index (χ1v) is 7.46. The van der Waals surface area contributed by atoms with Crippen LogP contribution in [-0.4, -0.2) is 24.4 Å². The van der Waals surface area contributed by atoms with Gasteiger partial charge in [0.1, 0.15) is 10.8 Å². The van der Waals surface area contributed by atoms with Gasteiger partial charge in [-0.3, -0.25) is 4.79 Å². The van der Waals surface area contributed by atoms with Gasteiger partial charge in [0.15, 0.2) is 15.6 Å². The zero-order chi connectivity index (χ0) is 12.5. The molecule has 0 amide bonds. The van der Waals surface area contributed by atoms with Crippen LogP contribution in [0.3, 0.4) is 0 Å². The van der Waals surface area contributed by atoms with Gasteiger partial charge >= 0.3 is 0 Å². The van der Waals surface area contributed by atoms with Crippen molar-refractivity contribution in [1.29, 1.82) is 0 Å². The number of rotatable bonds is 4. The predicted octanol–water partition coefficient (Wildman–Crippen LogP) is 1.98. The molecule has 1 rings (SSSR count). The van der Waals surface area contributed by atoms with Crippen LogP contribution in [-0.2, 0) is 15.6 Å². The normalized spacial score (nSPS) is 12.1. The third-order valence-electron chi connectivity index (χ3n) is 2.20. The second kappa shape index (κ2) is 4.63. The molecule has 1 aromatic heterocycles. The number of nitrogens with zero attached hydrogens (tertiary/aromatic N) is 1. The Kier molecular flexibility index (Phi) is 3.85. The average Bonchev–Trinajstić information content (AvgIpc) is 2.45. The average molecular weight is 261 g/mol. The zero-order valence-electron chi connectivity index (χ0n) is 9.77. The Hall–Kier alpha value is -0.750. The SMILES string of the molecule is CC(=O)c1sc(CS(=O)(=O)C(C)C)nc1C. The summed E-state index contributed by atoms with van der Waals surface area (Å²) in [4.78, 5) is 15.9. The highest BCUT2D eigenvalue weighted by molar-refractivity contribution is 7.91. The molecule has 0 saturated heterocycles. The quantitative estimate of drug-likeness (QED) is 0.777. The molecule has 0 aliphatic carbocycles. The molecule has 0 unspecified atom stereocenters. The standard InChI is InChI=1S/C10H15NO3S2/c1-6(2)16(13,14)5-9-11-7(3)10(15-9)8(4)12/h6H,5H2,1-4H3. The lowest BCUT2D eigenvalue weighted by molar-refractivity contribution is 0.102. The van der Waals surface area contributed by atoms with Gasteiger partial charge in [0, 0.05) is 6.92 Å². The molecule has 1 heterocycles. The first-order chi connectivity index (χ1) is 7.24. The summed E-state index contributed by atoms with van der Waals surface area (Å²) in [5.41, 5.74) is 0.617. The summed E-state index contributed by atoms with van der Waals surface area (Å²) in [5.74, 6) is -0.146. The van der Waals surface area contributed by atoms with Gasteiger partial charge in [-0.05, 0) is 20.8 Å². The summed E-state index contributed by atoms with van der Waals surface area (Å²) >= 11 is 1.17. The molecule has 6 heteroatoms. The Bertz CT molecular complexity index is 500. The lowest BCUT2D eigenvalue weighted by atomic mass is 10.3. The van der Waals surface area contributed by atoms with Gasteiger partial charge in [-0.2, -0.15) is 0 Å². The molecule has 0 fully saturated rings. The second-order valence-electron chi connectivity index (χ2n) is 3.93. The molecule has 0 saturated carbocycles. The Morgan fingerprint density at radius 3 is 2.38 bits per heavy atom. The van der Waals surface area contributed by atoms with Gasteiger partial charge < -0.3 is 0 Å². The summed E-state index contributed by atoms with van der Waals surface area (Å²) in [7, 11) is -3.14. The van der Waals surface area contributed by atoms with Crippen molar-refractivity contribution < 1.29 is 13.2 Å². The van der Waals surface area contributed by atoms with Gasteiger partial charge in [0.05, 0.1) is 15.8 Å². The maximum Gasteiger partial charge on any atom is 0.171 e. The van der Waals surface area contributed by atoms with Crippen LogP contribution in [0.4, 0.5) is 0 Å². The number of thiazole rings is 1. The molecule has 16 heavy (non-hydrogen) atoms. The molecule has 0 N–H and O–H groups in total. The number of Topliss-reactive ketones (excluding diaryl/α,β-unsaturated/α-hetero) is 1. The van der Waals surface area contributed by atoms with Crippen molar-refractivity contribution in [1.82, 2.24) is 4.98 Å². The Labute approximate surface area is 99.6 Å². The van der Waals surface area contributed by atoms with E-state index in [1.165, 1.54) is 18.3 Å². The molecule has 0 spiro atoms. The van der Waals surface area contributed by atoms with Crippen LogP contribution >= 0.6 is 11.3 Å². The van der Waals surface area contributed by atoms with Gasteiger partial charge in [0.25, 0.3) is 0 Å². The van der Waals surface area contributed by atoms with Crippen molar-refractivity contribution in [3.63, 3.8) is 0 Å². The number of ketones is 1. The van der Waals surface area contributed by atoms with Gasteiger partial charge in [0.2, 0.25) is 0 Å². The lowest BCUT2D eigenvalue weighted by Gasteiger charge is -2.04. The van der Waals surface area contributed by atoms with E-state index in [9.17, 15) is 13.2 Å². The highest BCUT2D eigenvalue weighted by Gasteiger charge is 2.20. The van der Waals surface area contributed by atoms with Crippen molar-refractivity contribution in [3.8, 4) is 0 Å². The van der Waals surface area contributed by atoms with E-state index in [2.05, 4.69) is 4.98 Å². The highest BCUT2D eigenvalue weighted by atomic mass is 32.2. The minimum Gasteiger partial charge on any atom is -0.294 e. The number of carbonyl (C=O) groups is 1. The van der Waals surface area contributed by atoms with Crippen LogP contribution in [0.1, 0.15) is 41.1 Å². The van der Waals surface area contributed by atoms with Crippen LogP contribution in [0.5, 0.6) is 0 Å². The fourth-order valence-corrected chi connectivity index (χ4v) is 3.41. The van der Waals surface area contributed by atoms with Crippen molar-refractivity contribution in [3.05, 3.63) is 15.6 Å². The zero-order valence-corrected chi connectivity index (χ0v) is 11.4. The number of hydrogen-bond donors (Lipinski definition) is 0. The summed E-state index contributed by atoms with van der Waals surface area (Å²) in [6, 6.07) is 0. The summed E-state index contributed by atoms with van der Waals surface area (Å²) in [6.45, 7) is 6.46. The number of carbonyl (C=O) groups excluding carboxylic acids is 1. The summed E-state index contributed by atoms with van der Waals surface area (Å²) < 4.78 is 23.3. The van der Waals surface area contributed by atoms with E-state index in [-0.39, 0.29) is 11.5 Å². The lowest BCUT2D eigenvalue weighted by Crippen LogP contribution is -2.15. The minimum absolute atomic E-state index is 0.0665. The fourth-order valence-electron chi connectivity index (χ4n) is 1.18. The number of aromatic nitrogens is 1. The minimum atomic E-state index is -3.14. The summed E-state index contributed by atoms with van der Waals surface area (Å²) in [5, 5.41) is 0.0777. The molecule has 0 aliphatic rings. The third-order valence-corrected chi connectivity index (χ3v) is 5.76. The maximum atomic E-state index is 11.7. The van der Waals surface area contributed by atoms with E-state index < -0.39 is 15.1 Å². The highest BCUT2D eigenvalue weighted by Crippen LogP contribution is 2.21. The van der Waals surface area contributed by atoms with Gasteiger partial charge in [-0.25, -0.2) is 13.4 Å². The van der Waals surface area contributed by atoms with E-state index in [1.54, 1.807) is 20.8 Å². The van der Waals surface area contributed by atoms with Gasteiger partial charge in [-0.1, -0.05) is 0 Å². The van der Waals surface area contributed by atoms with Crippen molar-refractivity contribution in [2.45, 2.75) is 38.7 Å². The smallest absolute Gasteiger partial charge is 0.171 e. The second-order valence-corrected chi connectivity index (χ2v) is 7.58. The molecule has 0 aromatic carbocycles. The van der Waals surface area contributed by atoms with Crippen molar-refractivity contribution in [2.24, 2.45) is 0 Å². The monoisotopic (exact) mass is 261 g/mol. The van der Waals surface area contributed by atoms with E-state index in [1.807, 2.05) is 0 Å². The Morgan fingerprint density at radius 1 is 1.44 bits per heavy atom. The topological polar surface area (TPSA) is 64.1 Å². The van der Waals surface area contributed by atoms with Crippen LogP contribution in [0.15, 0.2) is 0 Å². The van der Waals surface area contributed by atoms with Crippen molar-refractivity contribution >= 4 is 27.0 Å². The van der Waals surface area contributed by atoms with Gasteiger partial charge in [-0.15, -0.1) is 11.3 Å². The van der Waals surface area contributed by atoms with Crippen LogP contribution < -0.4 is 0 Å². The maximum absolute atomic E-state index is 11.7. The molecule has 1 aromatic rings. The van der Waals surface area contributed by atoms with E-state index in [4.69, 9.17) is 0 Å². The molecular weight excluding hydrogens is 246 g/mol. The van der Waals surface area contributed by atoms with Crippen molar-refractivity contribution in [2.75, 3.05) is 0 Å². The number of hydrogen-bond acceptors (Lipinski definition) is 5. The number of sulfone groups is 1. The fraction of sp³-hybridized carbons (Fsp3) is 0.600. The molecule has 0 aliphatic heterocycles. The largest absolute Gasteiger partial charge is 0.294 e. The van der Waals surface area contributed by atoms with E-state index in [0.717, 1.165) is 0 Å². The first kappa shape index (κ1) is 13.3. The third kappa shape index (κ3) is 2.89. The van der Waals surface area contributed by atoms with Crippen LogP contribution in [0, 0.1) is 6.92 Å². The Morgan fingerprint density at radius 2 is 2.00 bits per heavy atom. The molecule has 0 atom stereocenters. The molecule has 90 valence electrons. The molecule has 4 nitrogen and oxygen atoms in total. The predicted molar refractivity (Wildman–Crippen MR) is 64.6 cm³/mol. The van der Waals surface area contributed by atoms with E-state index in [0.29, 0.717) is 15.6 Å². The van der Waals surface area contributed by atoms with Crippen LogP contribution in [0.25, 0.3) is 0 Å². The molecular formula is C10H15NO3S2. The van der Waals surface area contributed by atoms with E-state index >= 15 is 0 Å². The first-order valence-electron chi connectivity index (χ1n) is 4.93. The van der Waals surface area contributed by atoms with Crippen LogP contribution in [0.2, 0.25) is 0 Å². The summed E-state index contributed by atoms with van der Waals surface area (Å²) in [6.07, 6.45) is 0. The Balaban J connectivity index is 3.01.